The predicted molar refractivity (Wildman–Crippen MR) is 100 cm³/mol. The molecule has 0 aliphatic carbocycles. The lowest BCUT2D eigenvalue weighted by molar-refractivity contribution is 0.414. The van der Waals surface area contributed by atoms with Crippen LogP contribution >= 0.6 is 0 Å². The highest BCUT2D eigenvalue weighted by Gasteiger charge is 1.98. The van der Waals surface area contributed by atoms with Crippen LogP contribution in [0, 0.1) is 0 Å². The molecule has 3 aromatic carbocycles. The molecule has 2 heteroatoms. The second kappa shape index (κ2) is 8.32. The fourth-order valence-corrected chi connectivity index (χ4v) is 2.70. The van der Waals surface area contributed by atoms with Crippen LogP contribution in [0.1, 0.15) is 11.1 Å². The summed E-state index contributed by atoms with van der Waals surface area (Å²) in [6.45, 7) is 1.86. The van der Waals surface area contributed by atoms with E-state index in [0.29, 0.717) is 0 Å². The molecule has 0 radical (unpaired) electrons. The molecule has 0 aliphatic heterocycles. The van der Waals surface area contributed by atoms with Gasteiger partial charge in [0.15, 0.2) is 0 Å². The van der Waals surface area contributed by atoms with E-state index in [4.69, 9.17) is 4.74 Å². The number of methoxy groups -OCH3 is 1. The van der Waals surface area contributed by atoms with Crippen LogP contribution in [0.5, 0.6) is 5.75 Å². The van der Waals surface area contributed by atoms with Crippen LogP contribution in [0.2, 0.25) is 0 Å². The molecular weight excluding hydrogens is 294 g/mol. The van der Waals surface area contributed by atoms with Gasteiger partial charge in [-0.3, -0.25) is 0 Å². The van der Waals surface area contributed by atoms with Gasteiger partial charge in [0.2, 0.25) is 0 Å². The maximum absolute atomic E-state index is 5.18. The minimum Gasteiger partial charge on any atom is -0.497 e. The number of benzene rings is 3. The molecular formula is C22H23NO. The third-order valence-corrected chi connectivity index (χ3v) is 4.14. The zero-order chi connectivity index (χ0) is 16.6. The van der Waals surface area contributed by atoms with Crippen LogP contribution in [0.3, 0.4) is 0 Å². The minimum atomic E-state index is 0.894. The Hall–Kier alpha value is -2.58. The zero-order valence-corrected chi connectivity index (χ0v) is 14.0. The van der Waals surface area contributed by atoms with Crippen LogP contribution in [-0.2, 0) is 13.0 Å². The van der Waals surface area contributed by atoms with Gasteiger partial charge in [-0.1, -0.05) is 66.7 Å². The number of hydrogen-bond acceptors (Lipinski definition) is 2. The molecule has 0 unspecified atom stereocenters. The standard InChI is InChI=1S/C22H23NO/c1-24-22-13-9-18(10-14-22)15-16-23-17-19-7-11-21(12-8-19)20-5-3-2-4-6-20/h2-14,23H,15-17H2,1H3. The number of ether oxygens (including phenoxy) is 1. The minimum absolute atomic E-state index is 0.894. The molecule has 0 heterocycles. The van der Waals surface area contributed by atoms with E-state index in [9.17, 15) is 0 Å². The summed E-state index contributed by atoms with van der Waals surface area (Å²) in [5.74, 6) is 0.908. The molecule has 3 rings (SSSR count). The average molecular weight is 317 g/mol. The molecule has 0 atom stereocenters. The molecule has 1 N–H and O–H groups in total. The SMILES string of the molecule is COc1ccc(CCNCc2ccc(-c3ccccc3)cc2)cc1. The molecule has 3 aromatic rings. The lowest BCUT2D eigenvalue weighted by Gasteiger charge is -2.07. The molecule has 0 fully saturated rings. The van der Waals surface area contributed by atoms with E-state index in [2.05, 4.69) is 66.0 Å². The van der Waals surface area contributed by atoms with E-state index < -0.39 is 0 Å². The van der Waals surface area contributed by atoms with Crippen molar-refractivity contribution in [2.24, 2.45) is 0 Å². The van der Waals surface area contributed by atoms with Crippen molar-refractivity contribution in [1.82, 2.24) is 5.32 Å². The van der Waals surface area contributed by atoms with E-state index in [-0.39, 0.29) is 0 Å². The maximum atomic E-state index is 5.18. The summed E-state index contributed by atoms with van der Waals surface area (Å²) in [5.41, 5.74) is 5.15. The van der Waals surface area contributed by atoms with Crippen LogP contribution in [-0.4, -0.2) is 13.7 Å². The largest absolute Gasteiger partial charge is 0.497 e. The number of nitrogens with one attached hydrogen (secondary N) is 1. The zero-order valence-electron chi connectivity index (χ0n) is 14.0. The fourth-order valence-electron chi connectivity index (χ4n) is 2.70. The summed E-state index contributed by atoms with van der Waals surface area (Å²) in [5, 5.41) is 3.51. The van der Waals surface area contributed by atoms with E-state index in [1.54, 1.807) is 7.11 Å². The molecule has 122 valence electrons. The summed E-state index contributed by atoms with van der Waals surface area (Å²) in [7, 11) is 1.69. The van der Waals surface area contributed by atoms with Crippen molar-refractivity contribution < 1.29 is 4.74 Å². The first kappa shape index (κ1) is 16.3. The smallest absolute Gasteiger partial charge is 0.118 e. The van der Waals surface area contributed by atoms with Gasteiger partial charge in [0.05, 0.1) is 7.11 Å². The van der Waals surface area contributed by atoms with Crippen LogP contribution < -0.4 is 10.1 Å². The molecule has 2 nitrogen and oxygen atoms in total. The summed E-state index contributed by atoms with van der Waals surface area (Å²) in [4.78, 5) is 0. The summed E-state index contributed by atoms with van der Waals surface area (Å²) in [6, 6.07) is 27.5. The molecule has 0 aromatic heterocycles. The van der Waals surface area contributed by atoms with Gasteiger partial charge in [0, 0.05) is 6.54 Å². The highest BCUT2D eigenvalue weighted by molar-refractivity contribution is 5.63. The van der Waals surface area contributed by atoms with Crippen molar-refractivity contribution in [2.45, 2.75) is 13.0 Å². The Labute approximate surface area is 144 Å². The Morgan fingerprint density at radius 1 is 0.708 bits per heavy atom. The first-order valence-electron chi connectivity index (χ1n) is 8.33. The van der Waals surface area contributed by atoms with Gasteiger partial charge in [-0.25, -0.2) is 0 Å². The van der Waals surface area contributed by atoms with Gasteiger partial charge < -0.3 is 10.1 Å². The Balaban J connectivity index is 1.46. The highest BCUT2D eigenvalue weighted by atomic mass is 16.5. The molecule has 0 saturated heterocycles. The van der Waals surface area contributed by atoms with Crippen LogP contribution in [0.15, 0.2) is 78.9 Å². The molecule has 0 amide bonds. The molecule has 0 aliphatic rings. The van der Waals surface area contributed by atoms with Gasteiger partial charge in [-0.05, 0) is 47.4 Å². The number of rotatable bonds is 7. The van der Waals surface area contributed by atoms with Crippen molar-refractivity contribution in [3.8, 4) is 16.9 Å². The molecule has 24 heavy (non-hydrogen) atoms. The second-order valence-electron chi connectivity index (χ2n) is 5.84. The lowest BCUT2D eigenvalue weighted by atomic mass is 10.0. The van der Waals surface area contributed by atoms with Crippen molar-refractivity contribution in [3.05, 3.63) is 90.0 Å². The maximum Gasteiger partial charge on any atom is 0.118 e. The Kier molecular flexibility index (Phi) is 5.65. The third-order valence-electron chi connectivity index (χ3n) is 4.14. The van der Waals surface area contributed by atoms with Crippen molar-refractivity contribution in [2.75, 3.05) is 13.7 Å². The Bertz CT molecular complexity index is 733. The van der Waals surface area contributed by atoms with Crippen molar-refractivity contribution in [1.29, 1.82) is 0 Å². The van der Waals surface area contributed by atoms with Gasteiger partial charge in [-0.15, -0.1) is 0 Å². The van der Waals surface area contributed by atoms with Gasteiger partial charge in [-0.2, -0.15) is 0 Å². The monoisotopic (exact) mass is 317 g/mol. The number of hydrogen-bond donors (Lipinski definition) is 1. The van der Waals surface area contributed by atoms with Gasteiger partial charge in [0.1, 0.15) is 5.75 Å². The third kappa shape index (κ3) is 4.46. The van der Waals surface area contributed by atoms with Crippen LogP contribution in [0.25, 0.3) is 11.1 Å². The average Bonchev–Trinajstić information content (AvgIpc) is 2.67. The lowest BCUT2D eigenvalue weighted by Crippen LogP contribution is -2.16. The molecule has 0 bridgehead atoms. The first-order valence-corrected chi connectivity index (χ1v) is 8.33. The summed E-state index contributed by atoms with van der Waals surface area (Å²) < 4.78 is 5.18. The Morgan fingerprint density at radius 2 is 1.33 bits per heavy atom. The van der Waals surface area contributed by atoms with Gasteiger partial charge >= 0.3 is 0 Å². The fraction of sp³-hybridized carbons (Fsp3) is 0.182. The molecule has 0 saturated carbocycles. The quantitative estimate of drug-likeness (QED) is 0.638. The second-order valence-corrected chi connectivity index (χ2v) is 5.84. The first-order chi connectivity index (χ1) is 11.8. The topological polar surface area (TPSA) is 21.3 Å². The normalized spacial score (nSPS) is 10.5. The summed E-state index contributed by atoms with van der Waals surface area (Å²) in [6.07, 6.45) is 1.02. The highest BCUT2D eigenvalue weighted by Crippen LogP contribution is 2.19. The van der Waals surface area contributed by atoms with Crippen molar-refractivity contribution in [3.63, 3.8) is 0 Å². The van der Waals surface area contributed by atoms with Gasteiger partial charge in [0.25, 0.3) is 0 Å². The van der Waals surface area contributed by atoms with E-state index in [1.807, 2.05) is 18.2 Å². The van der Waals surface area contributed by atoms with E-state index >= 15 is 0 Å². The van der Waals surface area contributed by atoms with Crippen molar-refractivity contribution >= 4 is 0 Å². The van der Waals surface area contributed by atoms with E-state index in [1.165, 1.54) is 22.3 Å². The predicted octanol–water partition coefficient (Wildman–Crippen LogP) is 4.69. The molecule has 0 spiro atoms. The summed E-state index contributed by atoms with van der Waals surface area (Å²) >= 11 is 0. The van der Waals surface area contributed by atoms with Crippen LogP contribution in [0.4, 0.5) is 0 Å². The Morgan fingerprint density at radius 3 is 2.00 bits per heavy atom. The van der Waals surface area contributed by atoms with E-state index in [0.717, 1.165) is 25.3 Å².